The van der Waals surface area contributed by atoms with Crippen molar-refractivity contribution in [1.82, 2.24) is 5.32 Å². The zero-order valence-electron chi connectivity index (χ0n) is 6.40. The van der Waals surface area contributed by atoms with Gasteiger partial charge in [0.25, 0.3) is 0 Å². The minimum atomic E-state index is -1.23. The molecule has 2 rings (SSSR count). The number of alkyl halides is 1. The number of rotatable bonds is 1. The highest BCUT2D eigenvalue weighted by molar-refractivity contribution is 5.64. The molecular formula is C8H12FNO. The molecule has 0 unspecified atom stereocenters. The topological polar surface area (TPSA) is 29.1 Å². The van der Waals surface area contributed by atoms with Crippen LogP contribution in [0.4, 0.5) is 4.39 Å². The first-order valence-corrected chi connectivity index (χ1v) is 4.08. The van der Waals surface area contributed by atoms with Gasteiger partial charge in [0.2, 0.25) is 0 Å². The van der Waals surface area contributed by atoms with Crippen LogP contribution in [0, 0.1) is 5.41 Å². The van der Waals surface area contributed by atoms with Crippen molar-refractivity contribution < 1.29 is 9.18 Å². The molecule has 2 fully saturated rings. The molecule has 0 amide bonds. The molecule has 1 heterocycles. The zero-order chi connectivity index (χ0) is 7.95. The maximum Gasteiger partial charge on any atom is 0.136 e. The van der Waals surface area contributed by atoms with E-state index in [2.05, 4.69) is 5.32 Å². The Bertz CT molecular complexity index is 183. The molecule has 0 aromatic carbocycles. The summed E-state index contributed by atoms with van der Waals surface area (Å²) >= 11 is 0. The van der Waals surface area contributed by atoms with E-state index in [0.717, 1.165) is 19.1 Å². The number of carbonyl (C=O) groups is 1. The summed E-state index contributed by atoms with van der Waals surface area (Å²) in [5.41, 5.74) is -1.90. The molecule has 11 heavy (non-hydrogen) atoms. The number of carbonyl (C=O) groups excluding carboxylic acids is 1. The van der Waals surface area contributed by atoms with Crippen LogP contribution < -0.4 is 5.32 Å². The summed E-state index contributed by atoms with van der Waals surface area (Å²) in [6.07, 6.45) is 2.95. The second kappa shape index (κ2) is 2.03. The molecule has 0 bridgehead atoms. The zero-order valence-corrected chi connectivity index (χ0v) is 6.40. The van der Waals surface area contributed by atoms with Crippen molar-refractivity contribution in [3.05, 3.63) is 0 Å². The van der Waals surface area contributed by atoms with Crippen molar-refractivity contribution in [3.63, 3.8) is 0 Å². The van der Waals surface area contributed by atoms with E-state index in [1.807, 2.05) is 0 Å². The van der Waals surface area contributed by atoms with Crippen molar-refractivity contribution in [3.8, 4) is 0 Å². The van der Waals surface area contributed by atoms with E-state index in [9.17, 15) is 9.18 Å². The lowest BCUT2D eigenvalue weighted by Crippen LogP contribution is -2.39. The largest absolute Gasteiger partial charge is 0.312 e. The Kier molecular flexibility index (Phi) is 1.34. The molecule has 1 saturated heterocycles. The highest BCUT2D eigenvalue weighted by atomic mass is 19.1. The van der Waals surface area contributed by atoms with Crippen LogP contribution >= 0.6 is 0 Å². The molecule has 0 spiro atoms. The van der Waals surface area contributed by atoms with Crippen LogP contribution in [0.3, 0.4) is 0 Å². The fourth-order valence-electron chi connectivity index (χ4n) is 2.36. The number of aldehydes is 1. The van der Waals surface area contributed by atoms with Gasteiger partial charge in [0, 0.05) is 13.1 Å². The average Bonchev–Trinajstić information content (AvgIpc) is 2.41. The first-order chi connectivity index (χ1) is 5.22. The number of halogens is 1. The van der Waals surface area contributed by atoms with Gasteiger partial charge in [0.15, 0.2) is 0 Å². The molecule has 2 atom stereocenters. The van der Waals surface area contributed by atoms with Gasteiger partial charge in [-0.15, -0.1) is 0 Å². The lowest BCUT2D eigenvalue weighted by atomic mass is 9.80. The quantitative estimate of drug-likeness (QED) is 0.567. The van der Waals surface area contributed by atoms with E-state index < -0.39 is 11.1 Å². The lowest BCUT2D eigenvalue weighted by Gasteiger charge is -2.26. The van der Waals surface area contributed by atoms with Gasteiger partial charge >= 0.3 is 0 Å². The molecule has 2 aliphatic rings. The Morgan fingerprint density at radius 1 is 1.36 bits per heavy atom. The first kappa shape index (κ1) is 7.22. The molecule has 1 aliphatic heterocycles. The average molecular weight is 157 g/mol. The maximum absolute atomic E-state index is 13.9. The number of hydrogen-bond donors (Lipinski definition) is 1. The summed E-state index contributed by atoms with van der Waals surface area (Å²) < 4.78 is 13.9. The van der Waals surface area contributed by atoms with Crippen molar-refractivity contribution in [2.24, 2.45) is 5.41 Å². The molecule has 1 N–H and O–H groups in total. The van der Waals surface area contributed by atoms with Crippen LogP contribution in [0.15, 0.2) is 0 Å². The molecule has 3 heteroatoms. The van der Waals surface area contributed by atoms with Gasteiger partial charge in [-0.1, -0.05) is 0 Å². The number of hydrogen-bond acceptors (Lipinski definition) is 2. The summed E-state index contributed by atoms with van der Waals surface area (Å²) in [6, 6.07) is 0. The first-order valence-electron chi connectivity index (χ1n) is 4.08. The van der Waals surface area contributed by atoms with Crippen LogP contribution in [0.2, 0.25) is 0 Å². The Labute approximate surface area is 65.2 Å². The molecule has 62 valence electrons. The predicted molar refractivity (Wildman–Crippen MR) is 39.1 cm³/mol. The molecule has 0 radical (unpaired) electrons. The Balaban J connectivity index is 2.35. The monoisotopic (exact) mass is 157 g/mol. The molecule has 1 saturated carbocycles. The maximum atomic E-state index is 13.9. The SMILES string of the molecule is O=C[C@@]12CCC[C@]1(F)CNC2. The van der Waals surface area contributed by atoms with Crippen LogP contribution in [-0.2, 0) is 4.79 Å². The van der Waals surface area contributed by atoms with Gasteiger partial charge in [0.1, 0.15) is 12.0 Å². The van der Waals surface area contributed by atoms with Crippen LogP contribution in [0.1, 0.15) is 19.3 Å². The molecular weight excluding hydrogens is 145 g/mol. The fraction of sp³-hybridized carbons (Fsp3) is 0.875. The molecule has 0 aromatic heterocycles. The van der Waals surface area contributed by atoms with Gasteiger partial charge in [-0.2, -0.15) is 0 Å². The van der Waals surface area contributed by atoms with Crippen molar-refractivity contribution in [2.45, 2.75) is 24.9 Å². The third kappa shape index (κ3) is 0.719. The van der Waals surface area contributed by atoms with Crippen molar-refractivity contribution >= 4 is 6.29 Å². The minimum Gasteiger partial charge on any atom is -0.312 e. The summed E-state index contributed by atoms with van der Waals surface area (Å²) in [5.74, 6) is 0. The Morgan fingerprint density at radius 3 is 2.82 bits per heavy atom. The summed E-state index contributed by atoms with van der Waals surface area (Å²) in [6.45, 7) is 0.902. The summed E-state index contributed by atoms with van der Waals surface area (Å²) in [4.78, 5) is 10.7. The number of fused-ring (bicyclic) bond motifs is 1. The highest BCUT2D eigenvalue weighted by Gasteiger charge is 2.58. The minimum absolute atomic E-state index is 0.367. The van der Waals surface area contributed by atoms with Crippen molar-refractivity contribution in [1.29, 1.82) is 0 Å². The van der Waals surface area contributed by atoms with E-state index in [-0.39, 0.29) is 0 Å². The van der Waals surface area contributed by atoms with E-state index >= 15 is 0 Å². The molecule has 1 aliphatic carbocycles. The van der Waals surface area contributed by atoms with Gasteiger partial charge < -0.3 is 10.1 Å². The lowest BCUT2D eigenvalue weighted by molar-refractivity contribution is -0.120. The van der Waals surface area contributed by atoms with E-state index in [1.165, 1.54) is 0 Å². The van der Waals surface area contributed by atoms with Gasteiger partial charge in [-0.25, -0.2) is 4.39 Å². The van der Waals surface area contributed by atoms with Crippen molar-refractivity contribution in [2.75, 3.05) is 13.1 Å². The number of nitrogens with one attached hydrogen (secondary N) is 1. The molecule has 0 aromatic rings. The van der Waals surface area contributed by atoms with Crippen LogP contribution in [-0.4, -0.2) is 25.0 Å². The van der Waals surface area contributed by atoms with Gasteiger partial charge in [-0.05, 0) is 19.3 Å². The van der Waals surface area contributed by atoms with Crippen LogP contribution in [0.25, 0.3) is 0 Å². The smallest absolute Gasteiger partial charge is 0.136 e. The summed E-state index contributed by atoms with van der Waals surface area (Å²) in [5, 5.41) is 2.95. The second-order valence-corrected chi connectivity index (χ2v) is 3.70. The summed E-state index contributed by atoms with van der Waals surface area (Å²) in [7, 11) is 0. The highest BCUT2D eigenvalue weighted by Crippen LogP contribution is 2.49. The predicted octanol–water partition coefficient (Wildman–Crippen LogP) is 0.667. The third-order valence-electron chi connectivity index (χ3n) is 3.16. The van der Waals surface area contributed by atoms with E-state index in [0.29, 0.717) is 19.5 Å². The Hall–Kier alpha value is -0.440. The standard InChI is InChI=1S/C8H12FNO/c9-8-3-1-2-7(8,6-11)4-10-5-8/h6,10H,1-5H2/t7-,8-/m0/s1. The fourth-order valence-corrected chi connectivity index (χ4v) is 2.36. The van der Waals surface area contributed by atoms with Gasteiger partial charge in [0.05, 0.1) is 5.41 Å². The second-order valence-electron chi connectivity index (χ2n) is 3.70. The van der Waals surface area contributed by atoms with Crippen LogP contribution in [0.5, 0.6) is 0 Å². The molecule has 2 nitrogen and oxygen atoms in total. The normalized spacial score (nSPS) is 49.2. The van der Waals surface area contributed by atoms with E-state index in [4.69, 9.17) is 0 Å². The van der Waals surface area contributed by atoms with Gasteiger partial charge in [-0.3, -0.25) is 0 Å². The third-order valence-corrected chi connectivity index (χ3v) is 3.16. The van der Waals surface area contributed by atoms with E-state index in [1.54, 1.807) is 0 Å². The Morgan fingerprint density at radius 2 is 2.18 bits per heavy atom.